The van der Waals surface area contributed by atoms with Crippen molar-refractivity contribution in [1.29, 1.82) is 0 Å². The lowest BCUT2D eigenvalue weighted by Crippen LogP contribution is -2.39. The molecular formula is C11H22N2S. The maximum Gasteiger partial charge on any atom is 0.166 e. The van der Waals surface area contributed by atoms with Crippen LogP contribution in [0.15, 0.2) is 0 Å². The Balaban J connectivity index is 2.02. The molecule has 2 N–H and O–H groups in total. The highest BCUT2D eigenvalue weighted by atomic mass is 32.1. The lowest BCUT2D eigenvalue weighted by atomic mass is 10.1. The molecule has 0 amide bonds. The van der Waals surface area contributed by atoms with Crippen LogP contribution in [0.5, 0.6) is 0 Å². The van der Waals surface area contributed by atoms with E-state index in [1.54, 1.807) is 0 Å². The summed E-state index contributed by atoms with van der Waals surface area (Å²) < 4.78 is 0. The van der Waals surface area contributed by atoms with Crippen LogP contribution in [0.1, 0.15) is 39.5 Å². The molecule has 1 aliphatic carbocycles. The van der Waals surface area contributed by atoms with Gasteiger partial charge in [-0.1, -0.05) is 26.7 Å². The van der Waals surface area contributed by atoms with Gasteiger partial charge in [-0.25, -0.2) is 0 Å². The van der Waals surface area contributed by atoms with Crippen molar-refractivity contribution in [3.63, 3.8) is 0 Å². The zero-order valence-corrected chi connectivity index (χ0v) is 10.1. The Labute approximate surface area is 92.8 Å². The molecule has 1 rings (SSSR count). The van der Waals surface area contributed by atoms with Crippen molar-refractivity contribution in [2.24, 2.45) is 11.8 Å². The third kappa shape index (κ3) is 4.80. The fourth-order valence-electron chi connectivity index (χ4n) is 1.81. The topological polar surface area (TPSA) is 24.1 Å². The van der Waals surface area contributed by atoms with Crippen molar-refractivity contribution in [2.75, 3.05) is 13.1 Å². The first kappa shape index (κ1) is 11.8. The van der Waals surface area contributed by atoms with E-state index in [2.05, 4.69) is 24.5 Å². The van der Waals surface area contributed by atoms with Crippen molar-refractivity contribution < 1.29 is 0 Å². The standard InChI is InChI=1S/C11H22N2S/c1-9(2)7-12-11(14)13-8-10-5-3-4-6-10/h9-10H,3-8H2,1-2H3,(H2,12,13,14). The summed E-state index contributed by atoms with van der Waals surface area (Å²) in [6.45, 7) is 6.40. The zero-order valence-electron chi connectivity index (χ0n) is 9.31. The molecule has 0 unspecified atom stereocenters. The highest BCUT2D eigenvalue weighted by Crippen LogP contribution is 2.23. The van der Waals surface area contributed by atoms with Crippen LogP contribution in [0.25, 0.3) is 0 Å². The second-order valence-electron chi connectivity index (χ2n) is 4.64. The molecule has 1 aliphatic rings. The molecule has 0 aromatic heterocycles. The average molecular weight is 214 g/mol. The van der Waals surface area contributed by atoms with Crippen LogP contribution in [0, 0.1) is 11.8 Å². The number of rotatable bonds is 4. The smallest absolute Gasteiger partial charge is 0.166 e. The van der Waals surface area contributed by atoms with Crippen LogP contribution >= 0.6 is 12.2 Å². The molecule has 2 nitrogen and oxygen atoms in total. The molecular weight excluding hydrogens is 192 g/mol. The van der Waals surface area contributed by atoms with Crippen molar-refractivity contribution in [3.8, 4) is 0 Å². The van der Waals surface area contributed by atoms with Crippen molar-refractivity contribution in [2.45, 2.75) is 39.5 Å². The Kier molecular flexibility index (Phi) is 5.23. The molecule has 0 atom stereocenters. The summed E-state index contributed by atoms with van der Waals surface area (Å²) in [4.78, 5) is 0. The van der Waals surface area contributed by atoms with Gasteiger partial charge in [0.1, 0.15) is 0 Å². The van der Waals surface area contributed by atoms with E-state index in [9.17, 15) is 0 Å². The SMILES string of the molecule is CC(C)CNC(=S)NCC1CCCC1. The molecule has 0 aromatic rings. The summed E-state index contributed by atoms with van der Waals surface area (Å²) in [6.07, 6.45) is 5.55. The maximum absolute atomic E-state index is 5.18. The quantitative estimate of drug-likeness (QED) is 0.702. The first-order valence-electron chi connectivity index (χ1n) is 5.70. The van der Waals surface area contributed by atoms with Gasteiger partial charge in [0, 0.05) is 13.1 Å². The fourth-order valence-corrected chi connectivity index (χ4v) is 1.98. The molecule has 0 aromatic carbocycles. The van der Waals surface area contributed by atoms with Gasteiger partial charge in [-0.15, -0.1) is 0 Å². The zero-order chi connectivity index (χ0) is 10.4. The molecule has 0 saturated heterocycles. The van der Waals surface area contributed by atoms with Crippen molar-refractivity contribution in [1.82, 2.24) is 10.6 Å². The van der Waals surface area contributed by atoms with Crippen LogP contribution in [0.4, 0.5) is 0 Å². The van der Waals surface area contributed by atoms with Gasteiger partial charge in [-0.2, -0.15) is 0 Å². The van der Waals surface area contributed by atoms with Crippen LogP contribution in [0.2, 0.25) is 0 Å². The Morgan fingerprint density at radius 2 is 1.93 bits per heavy atom. The molecule has 82 valence electrons. The van der Waals surface area contributed by atoms with Crippen LogP contribution < -0.4 is 10.6 Å². The van der Waals surface area contributed by atoms with E-state index < -0.39 is 0 Å². The van der Waals surface area contributed by atoms with Crippen LogP contribution in [-0.2, 0) is 0 Å². The molecule has 0 heterocycles. The second kappa shape index (κ2) is 6.23. The second-order valence-corrected chi connectivity index (χ2v) is 5.04. The summed E-state index contributed by atoms with van der Waals surface area (Å²) in [5.74, 6) is 1.51. The van der Waals surface area contributed by atoms with E-state index in [1.807, 2.05) is 0 Å². The van der Waals surface area contributed by atoms with Crippen molar-refractivity contribution >= 4 is 17.3 Å². The minimum Gasteiger partial charge on any atom is -0.362 e. The van der Waals surface area contributed by atoms with Crippen LogP contribution in [-0.4, -0.2) is 18.2 Å². The molecule has 3 heteroatoms. The predicted octanol–water partition coefficient (Wildman–Crippen LogP) is 2.30. The first-order valence-corrected chi connectivity index (χ1v) is 6.11. The fraction of sp³-hybridized carbons (Fsp3) is 0.909. The van der Waals surface area contributed by atoms with Gasteiger partial charge in [0.15, 0.2) is 5.11 Å². The number of nitrogens with one attached hydrogen (secondary N) is 2. The largest absolute Gasteiger partial charge is 0.362 e. The third-order valence-electron chi connectivity index (χ3n) is 2.70. The lowest BCUT2D eigenvalue weighted by molar-refractivity contribution is 0.530. The lowest BCUT2D eigenvalue weighted by Gasteiger charge is -2.14. The van der Waals surface area contributed by atoms with Gasteiger partial charge < -0.3 is 10.6 Å². The summed E-state index contributed by atoms with van der Waals surface area (Å²) in [7, 11) is 0. The number of thiocarbonyl (C=S) groups is 1. The monoisotopic (exact) mass is 214 g/mol. The minimum absolute atomic E-state index is 0.654. The van der Waals surface area contributed by atoms with E-state index >= 15 is 0 Å². The Hall–Kier alpha value is -0.310. The van der Waals surface area contributed by atoms with Gasteiger partial charge in [0.05, 0.1) is 0 Å². The van der Waals surface area contributed by atoms with Gasteiger partial charge in [-0.3, -0.25) is 0 Å². The van der Waals surface area contributed by atoms with E-state index in [0.717, 1.165) is 24.1 Å². The maximum atomic E-state index is 5.18. The molecule has 0 aliphatic heterocycles. The molecule has 1 fully saturated rings. The highest BCUT2D eigenvalue weighted by Gasteiger charge is 2.14. The summed E-state index contributed by atoms with van der Waals surface area (Å²) in [5.41, 5.74) is 0. The van der Waals surface area contributed by atoms with E-state index in [0.29, 0.717) is 5.92 Å². The normalized spacial score (nSPS) is 17.4. The predicted molar refractivity (Wildman–Crippen MR) is 65.4 cm³/mol. The van der Waals surface area contributed by atoms with E-state index in [1.165, 1.54) is 25.7 Å². The first-order chi connectivity index (χ1) is 6.68. The number of hydrogen-bond acceptors (Lipinski definition) is 1. The summed E-state index contributed by atoms with van der Waals surface area (Å²) >= 11 is 5.18. The summed E-state index contributed by atoms with van der Waals surface area (Å²) in [6, 6.07) is 0. The highest BCUT2D eigenvalue weighted by molar-refractivity contribution is 7.80. The average Bonchev–Trinajstić information content (AvgIpc) is 2.63. The molecule has 0 spiro atoms. The third-order valence-corrected chi connectivity index (χ3v) is 2.99. The van der Waals surface area contributed by atoms with Crippen molar-refractivity contribution in [3.05, 3.63) is 0 Å². The number of hydrogen-bond donors (Lipinski definition) is 2. The summed E-state index contributed by atoms with van der Waals surface area (Å²) in [5, 5.41) is 7.35. The molecule has 14 heavy (non-hydrogen) atoms. The minimum atomic E-state index is 0.654. The molecule has 0 bridgehead atoms. The molecule has 1 saturated carbocycles. The van der Waals surface area contributed by atoms with E-state index in [-0.39, 0.29) is 0 Å². The van der Waals surface area contributed by atoms with Gasteiger partial charge in [0.25, 0.3) is 0 Å². The van der Waals surface area contributed by atoms with E-state index in [4.69, 9.17) is 12.2 Å². The van der Waals surface area contributed by atoms with Gasteiger partial charge in [-0.05, 0) is 36.9 Å². The Morgan fingerprint density at radius 3 is 2.50 bits per heavy atom. The van der Waals surface area contributed by atoms with Crippen LogP contribution in [0.3, 0.4) is 0 Å². The Bertz CT molecular complexity index is 174. The molecule has 0 radical (unpaired) electrons. The van der Waals surface area contributed by atoms with Gasteiger partial charge in [0.2, 0.25) is 0 Å². The Morgan fingerprint density at radius 1 is 1.29 bits per heavy atom. The van der Waals surface area contributed by atoms with Gasteiger partial charge >= 0.3 is 0 Å².